The first-order valence-corrected chi connectivity index (χ1v) is 9.42. The number of hydrogen-bond donors (Lipinski definition) is 0. The number of benzene rings is 3. The van der Waals surface area contributed by atoms with Gasteiger partial charge in [0.15, 0.2) is 0 Å². The Bertz CT molecular complexity index is 1260. The first kappa shape index (κ1) is 16.8. The zero-order valence-electron chi connectivity index (χ0n) is 16.2. The molecule has 0 aliphatic carbocycles. The Kier molecular flexibility index (Phi) is 3.63. The summed E-state index contributed by atoms with van der Waals surface area (Å²) in [6, 6.07) is 22.5. The van der Waals surface area contributed by atoms with Crippen LogP contribution < -0.4 is 4.90 Å². The molecular weight excluding hydrogens is 346 g/mol. The second kappa shape index (κ2) is 6.06. The van der Waals surface area contributed by atoms with Gasteiger partial charge >= 0.3 is 0 Å². The first-order chi connectivity index (χ1) is 13.6. The summed E-state index contributed by atoms with van der Waals surface area (Å²) in [7, 11) is 2.08. The zero-order chi connectivity index (χ0) is 19.3. The highest BCUT2D eigenvalue weighted by molar-refractivity contribution is 6.05. The minimum Gasteiger partial charge on any atom is -0.456 e. The monoisotopic (exact) mass is 367 g/mol. The molecule has 0 bridgehead atoms. The van der Waals surface area contributed by atoms with E-state index in [4.69, 9.17) is 4.42 Å². The summed E-state index contributed by atoms with van der Waals surface area (Å²) >= 11 is 0. The molecule has 0 N–H and O–H groups in total. The number of furan rings is 1. The molecule has 0 spiro atoms. The summed E-state index contributed by atoms with van der Waals surface area (Å²) in [6.45, 7) is 4.45. The Balaban J connectivity index is 1.51. The molecule has 2 heterocycles. The highest BCUT2D eigenvalue weighted by Gasteiger charge is 2.38. The summed E-state index contributed by atoms with van der Waals surface area (Å²) < 4.78 is 5.88. The van der Waals surface area contributed by atoms with Crippen LogP contribution in [0.1, 0.15) is 19.4 Å². The molecule has 1 aliphatic heterocycles. The molecule has 0 amide bonds. The van der Waals surface area contributed by atoms with E-state index in [9.17, 15) is 0 Å². The average Bonchev–Trinajstić information content (AvgIpc) is 3.16. The molecule has 28 heavy (non-hydrogen) atoms. The van der Waals surface area contributed by atoms with Crippen molar-refractivity contribution in [2.45, 2.75) is 19.3 Å². The molecule has 0 fully saturated rings. The van der Waals surface area contributed by atoms with E-state index in [1.54, 1.807) is 0 Å². The number of allylic oxidation sites excluding steroid dienone is 1. The molecule has 138 valence electrons. The van der Waals surface area contributed by atoms with E-state index in [1.807, 2.05) is 42.6 Å². The molecule has 1 aromatic heterocycles. The summed E-state index contributed by atoms with van der Waals surface area (Å²) in [5.74, 6) is 0. The van der Waals surface area contributed by atoms with Crippen molar-refractivity contribution in [1.29, 1.82) is 0 Å². The Morgan fingerprint density at radius 2 is 1.64 bits per heavy atom. The van der Waals surface area contributed by atoms with Crippen LogP contribution in [0, 0.1) is 0 Å². The highest BCUT2D eigenvalue weighted by Crippen LogP contribution is 2.46. The normalized spacial score (nSPS) is 17.2. The largest absolute Gasteiger partial charge is 0.456 e. The third kappa shape index (κ3) is 2.45. The lowest BCUT2D eigenvalue weighted by Crippen LogP contribution is -2.22. The lowest BCUT2D eigenvalue weighted by Gasteiger charge is -2.22. The molecular formula is C24H21N3O. The molecule has 0 unspecified atom stereocenters. The van der Waals surface area contributed by atoms with Gasteiger partial charge in [0.25, 0.3) is 0 Å². The van der Waals surface area contributed by atoms with Crippen molar-refractivity contribution in [1.82, 2.24) is 0 Å². The molecule has 1 aliphatic rings. The van der Waals surface area contributed by atoms with Gasteiger partial charge < -0.3 is 9.32 Å². The van der Waals surface area contributed by atoms with Crippen LogP contribution in [0.5, 0.6) is 0 Å². The van der Waals surface area contributed by atoms with Gasteiger partial charge in [0.1, 0.15) is 11.2 Å². The molecule has 0 atom stereocenters. The number of para-hydroxylation sites is 2. The first-order valence-electron chi connectivity index (χ1n) is 9.42. The van der Waals surface area contributed by atoms with Crippen molar-refractivity contribution in [3.63, 3.8) is 0 Å². The van der Waals surface area contributed by atoms with Gasteiger partial charge in [0, 0.05) is 34.6 Å². The minimum atomic E-state index is -0.102. The van der Waals surface area contributed by atoms with Gasteiger partial charge in [0.2, 0.25) is 0 Å². The van der Waals surface area contributed by atoms with Crippen LogP contribution in [0.25, 0.3) is 21.9 Å². The van der Waals surface area contributed by atoms with E-state index in [1.165, 1.54) is 11.3 Å². The maximum Gasteiger partial charge on any atom is 0.135 e. The van der Waals surface area contributed by atoms with Crippen LogP contribution in [-0.2, 0) is 5.41 Å². The molecule has 0 saturated carbocycles. The van der Waals surface area contributed by atoms with Gasteiger partial charge in [-0.15, -0.1) is 0 Å². The van der Waals surface area contributed by atoms with Crippen molar-refractivity contribution in [2.75, 3.05) is 11.9 Å². The second-order valence-corrected chi connectivity index (χ2v) is 7.71. The standard InChI is InChI=1S/C24H21N3O/c1-24(2)19-9-5-6-10-20(19)27(3)23(24)15-25-26-16-12-13-22-18(14-16)17-8-4-7-11-21(17)28-22/h4-15H,1-3H3. The fourth-order valence-electron chi connectivity index (χ4n) is 4.16. The number of fused-ring (bicyclic) bond motifs is 4. The van der Waals surface area contributed by atoms with Crippen LogP contribution in [-0.4, -0.2) is 7.05 Å². The number of anilines is 1. The number of hydrogen-bond acceptors (Lipinski definition) is 4. The summed E-state index contributed by atoms with van der Waals surface area (Å²) in [6.07, 6.45) is 1.87. The van der Waals surface area contributed by atoms with E-state index in [0.29, 0.717) is 0 Å². The third-order valence-corrected chi connectivity index (χ3v) is 5.65. The maximum atomic E-state index is 5.88. The summed E-state index contributed by atoms with van der Waals surface area (Å²) in [5.41, 5.74) is 6.13. The number of azo groups is 1. The van der Waals surface area contributed by atoms with Gasteiger partial charge in [-0.05, 0) is 35.9 Å². The van der Waals surface area contributed by atoms with Crippen LogP contribution in [0.4, 0.5) is 11.4 Å². The van der Waals surface area contributed by atoms with E-state index < -0.39 is 0 Å². The third-order valence-electron chi connectivity index (χ3n) is 5.65. The SMILES string of the molecule is CN1C(=CN=Nc2ccc3oc4ccccc4c3c2)C(C)(C)c2ccccc21. The molecule has 4 heteroatoms. The van der Waals surface area contributed by atoms with Crippen LogP contribution in [0.3, 0.4) is 0 Å². The van der Waals surface area contributed by atoms with Gasteiger partial charge in [-0.25, -0.2) is 0 Å². The van der Waals surface area contributed by atoms with Crippen molar-refractivity contribution in [3.05, 3.63) is 84.2 Å². The van der Waals surface area contributed by atoms with Gasteiger partial charge in [0.05, 0.1) is 11.9 Å². The van der Waals surface area contributed by atoms with Crippen LogP contribution in [0.2, 0.25) is 0 Å². The molecule has 5 rings (SSSR count). The van der Waals surface area contributed by atoms with Crippen LogP contribution in [0.15, 0.2) is 93.3 Å². The number of rotatable bonds is 2. The topological polar surface area (TPSA) is 41.1 Å². The Hall–Kier alpha value is -3.40. The Labute approximate surface area is 163 Å². The number of likely N-dealkylation sites (N-methyl/N-ethyl adjacent to an activating group) is 1. The van der Waals surface area contributed by atoms with E-state index in [-0.39, 0.29) is 5.41 Å². The van der Waals surface area contributed by atoms with Crippen molar-refractivity contribution < 1.29 is 4.42 Å². The van der Waals surface area contributed by atoms with E-state index in [2.05, 4.69) is 66.4 Å². The molecule has 3 aromatic carbocycles. The highest BCUT2D eigenvalue weighted by atomic mass is 16.3. The Morgan fingerprint density at radius 1 is 0.893 bits per heavy atom. The van der Waals surface area contributed by atoms with Gasteiger partial charge in [-0.1, -0.05) is 50.2 Å². The predicted molar refractivity (Wildman–Crippen MR) is 114 cm³/mol. The van der Waals surface area contributed by atoms with Crippen LogP contribution >= 0.6 is 0 Å². The second-order valence-electron chi connectivity index (χ2n) is 7.71. The van der Waals surface area contributed by atoms with Gasteiger partial charge in [-0.3, -0.25) is 0 Å². The van der Waals surface area contributed by atoms with Crippen molar-refractivity contribution in [3.8, 4) is 0 Å². The maximum absolute atomic E-state index is 5.88. The summed E-state index contributed by atoms with van der Waals surface area (Å²) in [4.78, 5) is 2.20. The fourth-order valence-corrected chi connectivity index (χ4v) is 4.16. The quantitative estimate of drug-likeness (QED) is 0.360. The van der Waals surface area contributed by atoms with E-state index in [0.717, 1.165) is 33.3 Å². The lowest BCUT2D eigenvalue weighted by atomic mass is 9.84. The van der Waals surface area contributed by atoms with Crippen molar-refractivity contribution in [2.24, 2.45) is 10.2 Å². The molecule has 4 nitrogen and oxygen atoms in total. The van der Waals surface area contributed by atoms with Gasteiger partial charge in [-0.2, -0.15) is 10.2 Å². The zero-order valence-corrected chi connectivity index (χ0v) is 16.2. The van der Waals surface area contributed by atoms with Crippen molar-refractivity contribution >= 4 is 33.3 Å². The predicted octanol–water partition coefficient (Wildman–Crippen LogP) is 6.94. The molecule has 0 radical (unpaired) electrons. The van der Waals surface area contributed by atoms with E-state index >= 15 is 0 Å². The summed E-state index contributed by atoms with van der Waals surface area (Å²) in [5, 5.41) is 11.0. The number of nitrogens with zero attached hydrogens (tertiary/aromatic N) is 3. The average molecular weight is 367 g/mol. The Morgan fingerprint density at radius 3 is 2.50 bits per heavy atom. The minimum absolute atomic E-state index is 0.102. The molecule has 4 aromatic rings. The lowest BCUT2D eigenvalue weighted by molar-refractivity contribution is 0.637. The fraction of sp³-hybridized carbons (Fsp3) is 0.167. The molecule has 0 saturated heterocycles. The smallest absolute Gasteiger partial charge is 0.135 e.